The van der Waals surface area contributed by atoms with Crippen molar-refractivity contribution in [2.45, 2.75) is 24.9 Å². The summed E-state index contributed by atoms with van der Waals surface area (Å²) in [5.74, 6) is 1.26. The molecule has 6 heteroatoms. The number of halogens is 1. The van der Waals surface area contributed by atoms with E-state index >= 15 is 0 Å². The molecule has 5 nitrogen and oxygen atoms in total. The fourth-order valence-corrected chi connectivity index (χ4v) is 3.74. The van der Waals surface area contributed by atoms with E-state index in [0.29, 0.717) is 31.6 Å². The summed E-state index contributed by atoms with van der Waals surface area (Å²) in [6, 6.07) is 11.9. The third-order valence-electron chi connectivity index (χ3n) is 5.22. The van der Waals surface area contributed by atoms with Crippen LogP contribution in [0.25, 0.3) is 6.08 Å². The molecule has 2 aromatic rings. The van der Waals surface area contributed by atoms with E-state index in [1.165, 1.54) is 6.07 Å². The van der Waals surface area contributed by atoms with Crippen LogP contribution in [-0.2, 0) is 4.79 Å². The van der Waals surface area contributed by atoms with Crippen molar-refractivity contribution in [1.82, 2.24) is 10.6 Å². The quantitative estimate of drug-likeness (QED) is 0.834. The molecule has 0 bridgehead atoms. The molecule has 1 fully saturated rings. The average molecular weight is 382 g/mol. The number of hydrogen-bond donors (Lipinski definition) is 2. The molecule has 2 aliphatic rings. The maximum atomic E-state index is 14.3. The first-order valence-corrected chi connectivity index (χ1v) is 9.41. The zero-order valence-corrected chi connectivity index (χ0v) is 15.7. The summed E-state index contributed by atoms with van der Waals surface area (Å²) < 4.78 is 25.4. The Balaban J connectivity index is 1.49. The number of nitrogens with one attached hydrogen (secondary N) is 2. The minimum Gasteiger partial charge on any atom is -0.497 e. The maximum Gasteiger partial charge on any atom is 0.220 e. The molecule has 1 saturated heterocycles. The summed E-state index contributed by atoms with van der Waals surface area (Å²) in [4.78, 5) is 11.9. The molecule has 0 aliphatic carbocycles. The Hall–Kier alpha value is -2.86. The second kappa shape index (κ2) is 8.02. The second-order valence-electron chi connectivity index (χ2n) is 7.09. The lowest BCUT2D eigenvalue weighted by molar-refractivity contribution is -0.123. The lowest BCUT2D eigenvalue weighted by Crippen LogP contribution is -2.49. The van der Waals surface area contributed by atoms with Gasteiger partial charge < -0.3 is 20.1 Å². The van der Waals surface area contributed by atoms with E-state index in [0.717, 1.165) is 22.6 Å². The van der Waals surface area contributed by atoms with Crippen molar-refractivity contribution < 1.29 is 18.7 Å². The van der Waals surface area contributed by atoms with E-state index in [1.807, 2.05) is 18.2 Å². The molecular formula is C22H23FN2O3. The summed E-state index contributed by atoms with van der Waals surface area (Å²) in [6.07, 6.45) is 3.18. The van der Waals surface area contributed by atoms with Gasteiger partial charge in [-0.2, -0.15) is 0 Å². The van der Waals surface area contributed by atoms with Crippen molar-refractivity contribution >= 4 is 12.0 Å². The Kier molecular flexibility index (Phi) is 5.30. The summed E-state index contributed by atoms with van der Waals surface area (Å²) in [6.45, 7) is 1.10. The van der Waals surface area contributed by atoms with Crippen LogP contribution < -0.4 is 20.1 Å². The van der Waals surface area contributed by atoms with Gasteiger partial charge in [0.15, 0.2) is 0 Å². The summed E-state index contributed by atoms with van der Waals surface area (Å²) in [7, 11) is 1.64. The van der Waals surface area contributed by atoms with Crippen LogP contribution in [0.5, 0.6) is 11.5 Å². The van der Waals surface area contributed by atoms with Crippen LogP contribution >= 0.6 is 0 Å². The van der Waals surface area contributed by atoms with Crippen molar-refractivity contribution in [2.24, 2.45) is 0 Å². The summed E-state index contributed by atoms with van der Waals surface area (Å²) >= 11 is 0. The molecule has 0 unspecified atom stereocenters. The van der Waals surface area contributed by atoms with Crippen LogP contribution in [0.4, 0.5) is 4.39 Å². The molecule has 2 aliphatic heterocycles. The number of benzene rings is 2. The van der Waals surface area contributed by atoms with Gasteiger partial charge in [-0.05, 0) is 42.3 Å². The Bertz CT molecular complexity index is 912. The molecule has 0 spiro atoms. The van der Waals surface area contributed by atoms with Crippen LogP contribution in [0, 0.1) is 5.82 Å². The molecule has 28 heavy (non-hydrogen) atoms. The van der Waals surface area contributed by atoms with Gasteiger partial charge in [-0.25, -0.2) is 4.39 Å². The molecule has 0 saturated carbocycles. The molecule has 2 aromatic carbocycles. The minimum absolute atomic E-state index is 0.0486. The van der Waals surface area contributed by atoms with E-state index in [-0.39, 0.29) is 23.8 Å². The van der Waals surface area contributed by atoms with Crippen molar-refractivity contribution in [2.75, 3.05) is 20.3 Å². The first-order chi connectivity index (χ1) is 13.6. The monoisotopic (exact) mass is 382 g/mol. The third kappa shape index (κ3) is 3.87. The largest absolute Gasteiger partial charge is 0.497 e. The Morgan fingerprint density at radius 1 is 1.29 bits per heavy atom. The standard InChI is InChI=1S/C22H23FN2O3/c1-27-16-6-8-20-15(11-16)10-14(13-28-20)12-24-19-7-9-21(26)25-22(19)17-4-2-3-5-18(17)23/h2-6,8,10-11,19,22,24H,7,9,12-13H2,1H3,(H,25,26)/t19-,22+/m1/s1. The molecule has 4 rings (SSSR count). The highest BCUT2D eigenvalue weighted by molar-refractivity contribution is 5.77. The molecule has 146 valence electrons. The molecule has 2 atom stereocenters. The minimum atomic E-state index is -0.389. The van der Waals surface area contributed by atoms with Gasteiger partial charge in [0.2, 0.25) is 5.91 Å². The maximum absolute atomic E-state index is 14.3. The number of hydrogen-bond acceptors (Lipinski definition) is 4. The Morgan fingerprint density at radius 2 is 2.14 bits per heavy atom. The van der Waals surface area contributed by atoms with Crippen LogP contribution in [0.15, 0.2) is 48.0 Å². The number of piperidine rings is 1. The molecular weight excluding hydrogens is 359 g/mol. The molecule has 2 heterocycles. The number of rotatable bonds is 5. The number of methoxy groups -OCH3 is 1. The van der Waals surface area contributed by atoms with E-state index < -0.39 is 0 Å². The predicted octanol–water partition coefficient (Wildman–Crippen LogP) is 3.22. The van der Waals surface area contributed by atoms with Gasteiger partial charge in [-0.15, -0.1) is 0 Å². The van der Waals surface area contributed by atoms with Crippen LogP contribution in [0.1, 0.15) is 30.0 Å². The number of fused-ring (bicyclic) bond motifs is 1. The van der Waals surface area contributed by atoms with Crippen LogP contribution in [0.2, 0.25) is 0 Å². The number of amides is 1. The number of ether oxygens (including phenoxy) is 2. The van der Waals surface area contributed by atoms with E-state index in [9.17, 15) is 9.18 Å². The predicted molar refractivity (Wildman–Crippen MR) is 105 cm³/mol. The highest BCUT2D eigenvalue weighted by atomic mass is 19.1. The van der Waals surface area contributed by atoms with Gasteiger partial charge in [0.25, 0.3) is 0 Å². The van der Waals surface area contributed by atoms with Crippen LogP contribution in [-0.4, -0.2) is 32.2 Å². The second-order valence-corrected chi connectivity index (χ2v) is 7.09. The van der Waals surface area contributed by atoms with Gasteiger partial charge in [0.05, 0.1) is 13.2 Å². The van der Waals surface area contributed by atoms with Gasteiger partial charge >= 0.3 is 0 Å². The summed E-state index contributed by atoms with van der Waals surface area (Å²) in [5, 5.41) is 6.42. The number of carbonyl (C=O) groups excluding carboxylic acids is 1. The fraction of sp³-hybridized carbons (Fsp3) is 0.318. The van der Waals surface area contributed by atoms with Crippen LogP contribution in [0.3, 0.4) is 0 Å². The van der Waals surface area contributed by atoms with Crippen molar-refractivity contribution in [3.8, 4) is 11.5 Å². The lowest BCUT2D eigenvalue weighted by atomic mass is 9.91. The molecule has 1 amide bonds. The van der Waals surface area contributed by atoms with Gasteiger partial charge in [-0.3, -0.25) is 4.79 Å². The highest BCUT2D eigenvalue weighted by Crippen LogP contribution is 2.30. The summed E-state index contributed by atoms with van der Waals surface area (Å²) in [5.41, 5.74) is 2.58. The van der Waals surface area contributed by atoms with E-state index in [2.05, 4.69) is 16.7 Å². The molecule has 0 radical (unpaired) electrons. The SMILES string of the molecule is COc1ccc2c(c1)C=C(CN[C@@H]1CCC(=O)N[C@H]1c1ccccc1F)CO2. The lowest BCUT2D eigenvalue weighted by Gasteiger charge is -2.34. The normalized spacial score (nSPS) is 21.2. The first-order valence-electron chi connectivity index (χ1n) is 9.41. The van der Waals surface area contributed by atoms with Gasteiger partial charge in [-0.1, -0.05) is 18.2 Å². The van der Waals surface area contributed by atoms with Crippen molar-refractivity contribution in [3.05, 3.63) is 65.0 Å². The Labute approximate surface area is 163 Å². The van der Waals surface area contributed by atoms with E-state index in [1.54, 1.807) is 25.3 Å². The van der Waals surface area contributed by atoms with Crippen molar-refractivity contribution in [1.29, 1.82) is 0 Å². The third-order valence-corrected chi connectivity index (χ3v) is 5.22. The smallest absolute Gasteiger partial charge is 0.220 e. The topological polar surface area (TPSA) is 59.6 Å². The number of carbonyl (C=O) groups is 1. The zero-order chi connectivity index (χ0) is 19.5. The first kappa shape index (κ1) is 18.5. The zero-order valence-electron chi connectivity index (χ0n) is 15.7. The van der Waals surface area contributed by atoms with Crippen molar-refractivity contribution in [3.63, 3.8) is 0 Å². The molecule has 2 N–H and O–H groups in total. The van der Waals surface area contributed by atoms with Gasteiger partial charge in [0.1, 0.15) is 23.9 Å². The average Bonchev–Trinajstić information content (AvgIpc) is 2.72. The van der Waals surface area contributed by atoms with Gasteiger partial charge in [0, 0.05) is 30.1 Å². The fourth-order valence-electron chi connectivity index (χ4n) is 3.74. The Morgan fingerprint density at radius 3 is 2.96 bits per heavy atom. The highest BCUT2D eigenvalue weighted by Gasteiger charge is 2.31. The van der Waals surface area contributed by atoms with E-state index in [4.69, 9.17) is 9.47 Å². The molecule has 0 aromatic heterocycles.